The van der Waals surface area contributed by atoms with Crippen LogP contribution in [0.4, 0.5) is 11.4 Å². The van der Waals surface area contributed by atoms with Crippen LogP contribution in [0.5, 0.6) is 17.2 Å². The Labute approximate surface area is 346 Å². The van der Waals surface area contributed by atoms with Gasteiger partial charge in [-0.25, -0.2) is 16.8 Å². The molecular weight excluding hydrogens is 797 g/mol. The summed E-state index contributed by atoms with van der Waals surface area (Å²) < 4.78 is 88.9. The lowest BCUT2D eigenvalue weighted by Gasteiger charge is -2.32. The van der Waals surface area contributed by atoms with Gasteiger partial charge in [0, 0.05) is 22.9 Å². The number of hydrogen-bond donors (Lipinski definition) is 0. The van der Waals surface area contributed by atoms with Gasteiger partial charge in [-0.2, -0.15) is 0 Å². The Balaban J connectivity index is 1.88. The lowest BCUT2D eigenvalue weighted by atomic mass is 9.96. The fraction of sp³-hybridized carbons (Fsp3) is 0.318. The average Bonchev–Trinajstić information content (AvgIpc) is 3.18. The number of rotatable bonds is 15. The van der Waals surface area contributed by atoms with Crippen LogP contribution in [0.15, 0.2) is 113 Å². The van der Waals surface area contributed by atoms with Gasteiger partial charge in [0.2, 0.25) is 0 Å². The Hall–Kier alpha value is -5.80. The fourth-order valence-corrected chi connectivity index (χ4v) is 9.21. The van der Waals surface area contributed by atoms with Gasteiger partial charge >= 0.3 is 11.9 Å². The summed E-state index contributed by atoms with van der Waals surface area (Å²) in [6.45, 7) is 9.08. The molecule has 5 aromatic carbocycles. The van der Waals surface area contributed by atoms with Crippen molar-refractivity contribution in [2.45, 2.75) is 69.0 Å². The molecule has 59 heavy (non-hydrogen) atoms. The Morgan fingerprint density at radius 3 is 1.44 bits per heavy atom. The van der Waals surface area contributed by atoms with Gasteiger partial charge in [0.25, 0.3) is 20.0 Å². The molecule has 15 heteroatoms. The van der Waals surface area contributed by atoms with E-state index in [1.54, 1.807) is 90.1 Å². The highest BCUT2D eigenvalue weighted by atomic mass is 32.2. The molecule has 0 N–H and O–H groups in total. The van der Waals surface area contributed by atoms with Crippen molar-refractivity contribution < 1.29 is 50.1 Å². The maximum Gasteiger partial charge on any atom is 0.327 e. The van der Waals surface area contributed by atoms with E-state index in [9.17, 15) is 26.4 Å². The highest BCUT2D eigenvalue weighted by molar-refractivity contribution is 7.93. The van der Waals surface area contributed by atoms with Crippen LogP contribution >= 0.6 is 0 Å². The Morgan fingerprint density at radius 1 is 0.559 bits per heavy atom. The van der Waals surface area contributed by atoms with Crippen molar-refractivity contribution in [2.24, 2.45) is 0 Å². The summed E-state index contributed by atoms with van der Waals surface area (Å²) in [4.78, 5) is 26.7. The molecule has 314 valence electrons. The van der Waals surface area contributed by atoms with Crippen LogP contribution < -0.4 is 22.8 Å². The van der Waals surface area contributed by atoms with Crippen molar-refractivity contribution in [1.29, 1.82) is 0 Å². The van der Waals surface area contributed by atoms with Gasteiger partial charge in [-0.3, -0.25) is 18.2 Å². The second-order valence-electron chi connectivity index (χ2n) is 15.4. The molecule has 5 aromatic rings. The topological polar surface area (TPSA) is 155 Å². The van der Waals surface area contributed by atoms with Crippen LogP contribution in [0.3, 0.4) is 0 Å². The van der Waals surface area contributed by atoms with Crippen LogP contribution in [0.25, 0.3) is 21.9 Å². The van der Waals surface area contributed by atoms with Crippen LogP contribution in [0.2, 0.25) is 0 Å². The van der Waals surface area contributed by atoms with Gasteiger partial charge in [-0.15, -0.1) is 0 Å². The van der Waals surface area contributed by atoms with Crippen LogP contribution in [0.1, 0.15) is 48.0 Å². The summed E-state index contributed by atoms with van der Waals surface area (Å²) in [6.07, 6.45) is -0.332. The normalized spacial score (nSPS) is 12.1. The molecule has 0 heterocycles. The third-order valence-electron chi connectivity index (χ3n) is 8.84. The fourth-order valence-electron chi connectivity index (χ4n) is 6.28. The minimum Gasteiger partial charge on any atom is -0.497 e. The highest BCUT2D eigenvalue weighted by Gasteiger charge is 2.35. The van der Waals surface area contributed by atoms with Gasteiger partial charge in [0.05, 0.1) is 48.9 Å². The number of sulfonamides is 2. The first kappa shape index (κ1) is 44.3. The molecule has 5 rings (SSSR count). The van der Waals surface area contributed by atoms with Gasteiger partial charge in [-0.05, 0) is 114 Å². The number of nitrogens with zero attached hydrogens (tertiary/aromatic N) is 2. The van der Waals surface area contributed by atoms with Crippen molar-refractivity contribution >= 4 is 54.1 Å². The predicted molar refractivity (Wildman–Crippen MR) is 227 cm³/mol. The number of esters is 2. The molecule has 0 unspecified atom stereocenters. The van der Waals surface area contributed by atoms with E-state index in [0.717, 1.165) is 8.61 Å². The number of benzene rings is 5. The van der Waals surface area contributed by atoms with Crippen LogP contribution in [-0.4, -0.2) is 74.4 Å². The van der Waals surface area contributed by atoms with E-state index >= 15 is 0 Å². The van der Waals surface area contributed by atoms with Gasteiger partial charge in [-0.1, -0.05) is 36.4 Å². The average molecular weight is 847 g/mol. The molecule has 0 saturated heterocycles. The minimum atomic E-state index is -4.53. The van der Waals surface area contributed by atoms with E-state index < -0.39 is 49.7 Å². The zero-order valence-corrected chi connectivity index (χ0v) is 36.3. The number of methoxy groups -OCH3 is 3. The van der Waals surface area contributed by atoms with Crippen LogP contribution in [0, 0.1) is 0 Å². The molecule has 0 bridgehead atoms. The van der Waals surface area contributed by atoms with Crippen LogP contribution in [-0.2, 0) is 39.1 Å². The monoisotopic (exact) mass is 846 g/mol. The maximum atomic E-state index is 15.0. The van der Waals surface area contributed by atoms with Crippen molar-refractivity contribution in [3.05, 3.63) is 103 Å². The molecule has 0 aliphatic heterocycles. The molecule has 0 amide bonds. The van der Waals surface area contributed by atoms with E-state index in [2.05, 4.69) is 0 Å². The largest absolute Gasteiger partial charge is 0.497 e. The summed E-state index contributed by atoms with van der Waals surface area (Å²) in [5.41, 5.74) is -0.844. The van der Waals surface area contributed by atoms with Crippen molar-refractivity contribution in [2.75, 3.05) is 43.0 Å². The summed E-state index contributed by atoms with van der Waals surface area (Å²) in [5, 5.41) is 0.587. The van der Waals surface area contributed by atoms with E-state index in [-0.39, 0.29) is 45.1 Å². The number of hydrogen-bond acceptors (Lipinski definition) is 11. The summed E-state index contributed by atoms with van der Waals surface area (Å²) >= 11 is 0. The van der Waals surface area contributed by atoms with E-state index in [1.165, 1.54) is 75.9 Å². The Bertz CT molecular complexity index is 2510. The Morgan fingerprint density at radius 2 is 0.983 bits per heavy atom. The first-order chi connectivity index (χ1) is 27.7. The lowest BCUT2D eigenvalue weighted by molar-refractivity contribution is -0.155. The molecule has 0 radical (unpaired) electrons. The zero-order valence-electron chi connectivity index (χ0n) is 34.6. The summed E-state index contributed by atoms with van der Waals surface area (Å²) in [7, 11) is -4.58. The second kappa shape index (κ2) is 17.6. The number of ether oxygens (including phenoxy) is 5. The van der Waals surface area contributed by atoms with E-state index in [4.69, 9.17) is 23.7 Å². The molecule has 0 fully saturated rings. The molecular formula is C44H50N2O11S2. The zero-order chi connectivity index (χ0) is 43.3. The quantitative estimate of drug-likeness (QED) is 0.0942. The van der Waals surface area contributed by atoms with Gasteiger partial charge in [0.15, 0.2) is 0 Å². The molecule has 0 saturated carbocycles. The first-order valence-electron chi connectivity index (χ1n) is 18.7. The number of anilines is 2. The standard InChI is InChI=1S/C44H50N2O11S2/c1-43(2,3)56-40(47)26-27-45(58(49,50)34-22-18-32(54-8)19-23-34)42-37-13-11-10-12-36(37)39(28-38(42)30-14-16-31(53-7)17-15-30)46(29-41(48)57-44(4,5)6)59(51,52)35-24-20-33(55-9)21-25-35/h10-25,28H,26-27,29H2,1-9H3. The highest BCUT2D eigenvalue weighted by Crippen LogP contribution is 2.46. The molecule has 13 nitrogen and oxygen atoms in total. The maximum absolute atomic E-state index is 15.0. The summed E-state index contributed by atoms with van der Waals surface area (Å²) in [6, 6.07) is 26.6. The lowest BCUT2D eigenvalue weighted by Crippen LogP contribution is -2.39. The van der Waals surface area contributed by atoms with Gasteiger partial charge in [0.1, 0.15) is 35.0 Å². The van der Waals surface area contributed by atoms with Crippen molar-refractivity contribution in [1.82, 2.24) is 0 Å². The van der Waals surface area contributed by atoms with Crippen molar-refractivity contribution in [3.63, 3.8) is 0 Å². The van der Waals surface area contributed by atoms with Crippen molar-refractivity contribution in [3.8, 4) is 28.4 Å². The predicted octanol–water partition coefficient (Wildman–Crippen LogP) is 8.00. The third-order valence-corrected chi connectivity index (χ3v) is 12.4. The number of carbonyl (C=O) groups is 2. The summed E-state index contributed by atoms with van der Waals surface area (Å²) in [5.74, 6) is -0.0919. The smallest absolute Gasteiger partial charge is 0.327 e. The first-order valence-corrected chi connectivity index (χ1v) is 21.5. The SMILES string of the molecule is COc1ccc(-c2cc(N(CC(=O)OC(C)(C)C)S(=O)(=O)c3ccc(OC)cc3)c3ccccc3c2N(CCC(=O)OC(C)(C)C)S(=O)(=O)c2ccc(OC)cc2)cc1. The molecule has 0 aliphatic rings. The van der Waals surface area contributed by atoms with Gasteiger partial charge < -0.3 is 23.7 Å². The number of carbonyl (C=O) groups excluding carboxylic acids is 2. The molecule has 0 spiro atoms. The third kappa shape index (κ3) is 10.4. The van der Waals surface area contributed by atoms with E-state index in [1.807, 2.05) is 0 Å². The minimum absolute atomic E-state index is 0.0609. The number of fused-ring (bicyclic) bond motifs is 1. The Kier molecular flexibility index (Phi) is 13.2. The second-order valence-corrected chi connectivity index (χ2v) is 19.2. The molecule has 0 aromatic heterocycles. The molecule has 0 aliphatic carbocycles. The molecule has 0 atom stereocenters. The van der Waals surface area contributed by atoms with E-state index in [0.29, 0.717) is 28.2 Å².